The van der Waals surface area contributed by atoms with Crippen LogP contribution in [0.4, 0.5) is 14.5 Å². The zero-order valence-electron chi connectivity index (χ0n) is 16.6. The van der Waals surface area contributed by atoms with Gasteiger partial charge in [-0.3, -0.25) is 4.90 Å². The second-order valence-electron chi connectivity index (χ2n) is 8.30. The van der Waals surface area contributed by atoms with Gasteiger partial charge >= 0.3 is 0 Å². The number of hydrogen-bond donors (Lipinski definition) is 0. The summed E-state index contributed by atoms with van der Waals surface area (Å²) >= 11 is 0. The van der Waals surface area contributed by atoms with Gasteiger partial charge < -0.3 is 9.42 Å². The maximum atomic E-state index is 13.5. The summed E-state index contributed by atoms with van der Waals surface area (Å²) < 4.78 is 32.2. The summed E-state index contributed by atoms with van der Waals surface area (Å²) in [5.41, 5.74) is 0.765. The minimum absolute atomic E-state index is 0.276. The minimum Gasteiger partial charge on any atom is -0.371 e. The van der Waals surface area contributed by atoms with E-state index >= 15 is 0 Å². The van der Waals surface area contributed by atoms with Gasteiger partial charge in [0.15, 0.2) is 17.5 Å². The van der Waals surface area contributed by atoms with Crippen LogP contribution in [0.5, 0.6) is 0 Å². The Morgan fingerprint density at radius 2 is 1.86 bits per heavy atom. The largest absolute Gasteiger partial charge is 0.371 e. The normalized spacial score (nSPS) is 22.2. The van der Waals surface area contributed by atoms with Crippen LogP contribution in [0, 0.1) is 11.6 Å². The molecule has 7 heteroatoms. The second-order valence-corrected chi connectivity index (χ2v) is 8.30. The van der Waals surface area contributed by atoms with Crippen LogP contribution in [0.2, 0.25) is 0 Å². The molecule has 28 heavy (non-hydrogen) atoms. The van der Waals surface area contributed by atoms with Crippen molar-refractivity contribution in [1.82, 2.24) is 15.0 Å². The van der Waals surface area contributed by atoms with Crippen molar-refractivity contribution in [3.05, 3.63) is 41.5 Å². The number of rotatable bonds is 4. The van der Waals surface area contributed by atoms with Gasteiger partial charge in [0.1, 0.15) is 0 Å². The van der Waals surface area contributed by atoms with Crippen molar-refractivity contribution in [1.29, 1.82) is 0 Å². The fraction of sp³-hybridized carbons (Fsp3) is 0.619. The third-order valence-electron chi connectivity index (χ3n) is 6.03. The lowest BCUT2D eigenvalue weighted by molar-refractivity contribution is 0.118. The lowest BCUT2D eigenvalue weighted by atomic mass is 9.93. The van der Waals surface area contributed by atoms with Crippen molar-refractivity contribution in [2.24, 2.45) is 0 Å². The number of halogens is 2. The Labute approximate surface area is 164 Å². The van der Waals surface area contributed by atoms with E-state index in [1.807, 2.05) is 0 Å². The SMILES string of the molecule is CC(C)c1noc(C2CCCN(C3CCN(c4ccc(F)c(F)c4)CC3)C2)n1. The van der Waals surface area contributed by atoms with Crippen LogP contribution in [0.15, 0.2) is 22.7 Å². The molecule has 1 aromatic carbocycles. The van der Waals surface area contributed by atoms with Gasteiger partial charge in [-0.2, -0.15) is 4.98 Å². The summed E-state index contributed by atoms with van der Waals surface area (Å²) in [6.45, 7) is 7.90. The van der Waals surface area contributed by atoms with Gasteiger partial charge in [-0.05, 0) is 44.4 Å². The quantitative estimate of drug-likeness (QED) is 0.778. The Kier molecular flexibility index (Phi) is 5.62. The Morgan fingerprint density at radius 3 is 2.54 bits per heavy atom. The van der Waals surface area contributed by atoms with E-state index in [0.29, 0.717) is 12.0 Å². The number of nitrogens with zero attached hydrogens (tertiary/aromatic N) is 4. The predicted octanol–water partition coefficient (Wildman–Crippen LogP) is 4.32. The van der Waals surface area contributed by atoms with Gasteiger partial charge in [-0.25, -0.2) is 8.78 Å². The van der Waals surface area contributed by atoms with E-state index in [-0.39, 0.29) is 5.92 Å². The number of piperidine rings is 2. The first-order valence-electron chi connectivity index (χ1n) is 10.3. The van der Waals surface area contributed by atoms with Crippen molar-refractivity contribution < 1.29 is 13.3 Å². The lowest BCUT2D eigenvalue weighted by Crippen LogP contribution is -2.48. The molecule has 2 aromatic rings. The molecule has 1 atom stereocenters. The molecule has 0 bridgehead atoms. The molecule has 0 spiro atoms. The average molecular weight is 390 g/mol. The second kappa shape index (κ2) is 8.15. The van der Waals surface area contributed by atoms with Gasteiger partial charge in [0, 0.05) is 43.3 Å². The van der Waals surface area contributed by atoms with Crippen LogP contribution in [0.3, 0.4) is 0 Å². The van der Waals surface area contributed by atoms with Crippen LogP contribution in [-0.2, 0) is 0 Å². The smallest absolute Gasteiger partial charge is 0.231 e. The Morgan fingerprint density at radius 1 is 1.07 bits per heavy atom. The summed E-state index contributed by atoms with van der Waals surface area (Å²) in [6.07, 6.45) is 4.26. The molecule has 0 saturated carbocycles. The number of anilines is 1. The Hall–Kier alpha value is -2.02. The summed E-state index contributed by atoms with van der Waals surface area (Å²) in [6, 6.07) is 4.69. The molecule has 3 heterocycles. The molecule has 2 aliphatic rings. The van der Waals surface area contributed by atoms with E-state index in [2.05, 4.69) is 33.8 Å². The standard InChI is InChI=1S/C21H28F2N4O/c1-14(2)20-24-21(28-25-20)15-4-3-9-27(13-15)16-7-10-26(11-8-16)17-5-6-18(22)19(23)12-17/h5-6,12,14-16H,3-4,7-11,13H2,1-2H3. The lowest BCUT2D eigenvalue weighted by Gasteiger charge is -2.42. The topological polar surface area (TPSA) is 45.4 Å². The van der Waals surface area contributed by atoms with Crippen LogP contribution < -0.4 is 4.90 Å². The third kappa shape index (κ3) is 4.04. The molecule has 5 nitrogen and oxygen atoms in total. The summed E-state index contributed by atoms with van der Waals surface area (Å²) in [5.74, 6) is 0.564. The number of benzene rings is 1. The third-order valence-corrected chi connectivity index (χ3v) is 6.03. The van der Waals surface area contributed by atoms with Crippen molar-refractivity contribution in [2.45, 2.75) is 57.4 Å². The molecule has 1 aromatic heterocycles. The minimum atomic E-state index is -0.792. The monoisotopic (exact) mass is 390 g/mol. The van der Waals surface area contributed by atoms with E-state index in [9.17, 15) is 8.78 Å². The van der Waals surface area contributed by atoms with Gasteiger partial charge in [0.05, 0.1) is 5.92 Å². The van der Waals surface area contributed by atoms with Crippen molar-refractivity contribution in [3.63, 3.8) is 0 Å². The van der Waals surface area contributed by atoms with Gasteiger partial charge in [-0.15, -0.1) is 0 Å². The first-order chi connectivity index (χ1) is 13.5. The molecule has 2 aliphatic heterocycles. The fourth-order valence-corrected chi connectivity index (χ4v) is 4.36. The molecule has 152 valence electrons. The Balaban J connectivity index is 1.35. The van der Waals surface area contributed by atoms with E-state index < -0.39 is 11.6 Å². The maximum absolute atomic E-state index is 13.5. The molecule has 0 aliphatic carbocycles. The molecular formula is C21H28F2N4O. The van der Waals surface area contributed by atoms with Crippen LogP contribution in [0.1, 0.15) is 63.1 Å². The summed E-state index contributed by atoms with van der Waals surface area (Å²) in [5, 5.41) is 4.12. The van der Waals surface area contributed by atoms with Crippen molar-refractivity contribution in [2.75, 3.05) is 31.1 Å². The average Bonchev–Trinajstić information content (AvgIpc) is 3.21. The predicted molar refractivity (Wildman–Crippen MR) is 104 cm³/mol. The van der Waals surface area contributed by atoms with Crippen molar-refractivity contribution >= 4 is 5.69 Å². The molecule has 2 saturated heterocycles. The van der Waals surface area contributed by atoms with E-state index in [0.717, 1.165) is 69.3 Å². The van der Waals surface area contributed by atoms with Crippen molar-refractivity contribution in [3.8, 4) is 0 Å². The van der Waals surface area contributed by atoms with E-state index in [1.54, 1.807) is 6.07 Å². The first-order valence-corrected chi connectivity index (χ1v) is 10.3. The highest BCUT2D eigenvalue weighted by Crippen LogP contribution is 2.31. The number of likely N-dealkylation sites (tertiary alicyclic amines) is 1. The summed E-state index contributed by atoms with van der Waals surface area (Å²) in [4.78, 5) is 9.30. The highest BCUT2D eigenvalue weighted by molar-refractivity contribution is 5.47. The molecule has 1 unspecified atom stereocenters. The first kappa shape index (κ1) is 19.3. The van der Waals surface area contributed by atoms with Gasteiger partial charge in [0.25, 0.3) is 0 Å². The van der Waals surface area contributed by atoms with Gasteiger partial charge in [-0.1, -0.05) is 19.0 Å². The van der Waals surface area contributed by atoms with Gasteiger partial charge in [0.2, 0.25) is 5.89 Å². The zero-order chi connectivity index (χ0) is 19.7. The van der Waals surface area contributed by atoms with Crippen LogP contribution in [0.25, 0.3) is 0 Å². The maximum Gasteiger partial charge on any atom is 0.231 e. The molecule has 0 amide bonds. The van der Waals surface area contributed by atoms with E-state index in [1.165, 1.54) is 12.1 Å². The summed E-state index contributed by atoms with van der Waals surface area (Å²) in [7, 11) is 0. The molecule has 0 radical (unpaired) electrons. The molecule has 0 N–H and O–H groups in total. The molecule has 4 rings (SSSR count). The zero-order valence-corrected chi connectivity index (χ0v) is 16.6. The highest BCUT2D eigenvalue weighted by Gasteiger charge is 2.32. The number of hydrogen-bond acceptors (Lipinski definition) is 5. The fourth-order valence-electron chi connectivity index (χ4n) is 4.36. The molecule has 2 fully saturated rings. The van der Waals surface area contributed by atoms with Crippen LogP contribution in [-0.4, -0.2) is 47.3 Å². The highest BCUT2D eigenvalue weighted by atomic mass is 19.2. The van der Waals surface area contributed by atoms with Crippen LogP contribution >= 0.6 is 0 Å². The Bertz CT molecular complexity index is 801. The van der Waals surface area contributed by atoms with E-state index in [4.69, 9.17) is 4.52 Å². The number of aromatic nitrogens is 2. The molecular weight excluding hydrogens is 362 g/mol.